The summed E-state index contributed by atoms with van der Waals surface area (Å²) in [7, 11) is 0. The molecule has 2 fully saturated rings. The summed E-state index contributed by atoms with van der Waals surface area (Å²) >= 11 is 0. The van der Waals surface area contributed by atoms with Gasteiger partial charge in [-0.1, -0.05) is 38.7 Å². The molecule has 0 N–H and O–H groups in total. The molecule has 1 aromatic heterocycles. The van der Waals surface area contributed by atoms with Gasteiger partial charge in [-0.05, 0) is 72.0 Å². The number of ether oxygens (including phenoxy) is 1. The lowest BCUT2D eigenvalue weighted by Crippen LogP contribution is -2.44. The Morgan fingerprint density at radius 1 is 1.21 bits per heavy atom. The topological polar surface area (TPSA) is 45.7 Å². The van der Waals surface area contributed by atoms with Crippen LogP contribution in [0.3, 0.4) is 0 Å². The van der Waals surface area contributed by atoms with Gasteiger partial charge in [-0.2, -0.15) is 0 Å². The summed E-state index contributed by atoms with van der Waals surface area (Å²) in [5.41, 5.74) is 0.682. The zero-order valence-electron chi connectivity index (χ0n) is 18.8. The molecule has 1 unspecified atom stereocenters. The average Bonchev–Trinajstić information content (AvgIpc) is 3.20. The third kappa shape index (κ3) is 5.71. The van der Waals surface area contributed by atoms with Gasteiger partial charge in [0.15, 0.2) is 0 Å². The predicted molar refractivity (Wildman–Crippen MR) is 118 cm³/mol. The second-order valence-corrected chi connectivity index (χ2v) is 9.61. The molecule has 1 atom stereocenters. The summed E-state index contributed by atoms with van der Waals surface area (Å²) in [5, 5.41) is 0. The SMILES string of the molecule is CCCCN1CCCCC1c1cccnc1N(C(=O)OC(C)(C)C)C1CCCC1. The van der Waals surface area contributed by atoms with E-state index in [4.69, 9.17) is 9.72 Å². The van der Waals surface area contributed by atoms with Gasteiger partial charge in [0.1, 0.15) is 11.4 Å². The number of pyridine rings is 1. The van der Waals surface area contributed by atoms with Crippen molar-refractivity contribution in [2.75, 3.05) is 18.0 Å². The summed E-state index contributed by atoms with van der Waals surface area (Å²) in [5.74, 6) is 0.821. The van der Waals surface area contributed by atoms with Crippen molar-refractivity contribution in [3.05, 3.63) is 23.9 Å². The fraction of sp³-hybridized carbons (Fsp3) is 0.750. The number of carbonyl (C=O) groups is 1. The Kier molecular flexibility index (Phi) is 7.55. The average molecular weight is 402 g/mol. The molecular weight excluding hydrogens is 362 g/mol. The molecule has 162 valence electrons. The maximum Gasteiger partial charge on any atom is 0.416 e. The van der Waals surface area contributed by atoms with Crippen LogP contribution < -0.4 is 4.90 Å². The molecule has 0 aromatic carbocycles. The molecule has 1 aliphatic heterocycles. The van der Waals surface area contributed by atoms with Crippen LogP contribution in [0.4, 0.5) is 10.6 Å². The van der Waals surface area contributed by atoms with E-state index in [0.717, 1.165) is 51.0 Å². The molecular formula is C24H39N3O2. The van der Waals surface area contributed by atoms with Crippen LogP contribution in [-0.2, 0) is 4.74 Å². The van der Waals surface area contributed by atoms with Gasteiger partial charge in [0.05, 0.1) is 0 Å². The van der Waals surface area contributed by atoms with Crippen molar-refractivity contribution < 1.29 is 9.53 Å². The highest BCUT2D eigenvalue weighted by Crippen LogP contribution is 2.38. The molecule has 2 aliphatic rings. The smallest absolute Gasteiger partial charge is 0.416 e. The van der Waals surface area contributed by atoms with Crippen molar-refractivity contribution in [2.45, 2.75) is 103 Å². The number of carbonyl (C=O) groups excluding carboxylic acids is 1. The molecule has 0 spiro atoms. The van der Waals surface area contributed by atoms with Gasteiger partial charge in [0, 0.05) is 23.8 Å². The fourth-order valence-corrected chi connectivity index (χ4v) is 4.72. The van der Waals surface area contributed by atoms with E-state index in [9.17, 15) is 4.79 Å². The number of hydrogen-bond donors (Lipinski definition) is 0. The largest absolute Gasteiger partial charge is 0.443 e. The molecule has 0 bridgehead atoms. The van der Waals surface area contributed by atoms with E-state index in [1.165, 1.54) is 31.2 Å². The first-order valence-corrected chi connectivity index (χ1v) is 11.6. The van der Waals surface area contributed by atoms with Crippen LogP contribution in [0, 0.1) is 0 Å². The highest BCUT2D eigenvalue weighted by Gasteiger charge is 2.36. The van der Waals surface area contributed by atoms with E-state index in [1.54, 1.807) is 0 Å². The zero-order chi connectivity index (χ0) is 20.9. The minimum absolute atomic E-state index is 0.186. The van der Waals surface area contributed by atoms with Crippen molar-refractivity contribution in [2.24, 2.45) is 0 Å². The monoisotopic (exact) mass is 401 g/mol. The third-order valence-electron chi connectivity index (χ3n) is 6.10. The van der Waals surface area contributed by atoms with Gasteiger partial charge in [0.2, 0.25) is 0 Å². The first-order chi connectivity index (χ1) is 13.9. The second kappa shape index (κ2) is 9.92. The first kappa shape index (κ1) is 22.1. The predicted octanol–water partition coefficient (Wildman–Crippen LogP) is 6.09. The summed E-state index contributed by atoms with van der Waals surface area (Å²) in [6.45, 7) is 10.3. The fourth-order valence-electron chi connectivity index (χ4n) is 4.72. The molecule has 2 heterocycles. The summed E-state index contributed by atoms with van der Waals surface area (Å²) in [4.78, 5) is 22.5. The van der Waals surface area contributed by atoms with Crippen molar-refractivity contribution in [1.29, 1.82) is 0 Å². The van der Waals surface area contributed by atoms with Crippen LogP contribution in [0.1, 0.15) is 97.1 Å². The molecule has 5 nitrogen and oxygen atoms in total. The molecule has 1 saturated heterocycles. The van der Waals surface area contributed by atoms with Gasteiger partial charge < -0.3 is 4.74 Å². The van der Waals surface area contributed by atoms with E-state index in [-0.39, 0.29) is 12.1 Å². The maximum absolute atomic E-state index is 13.3. The number of amides is 1. The number of likely N-dealkylation sites (tertiary alicyclic amines) is 1. The van der Waals surface area contributed by atoms with Crippen molar-refractivity contribution in [1.82, 2.24) is 9.88 Å². The lowest BCUT2D eigenvalue weighted by molar-refractivity contribution is 0.0563. The Hall–Kier alpha value is -1.62. The van der Waals surface area contributed by atoms with Crippen LogP contribution in [0.15, 0.2) is 18.3 Å². The minimum atomic E-state index is -0.513. The van der Waals surface area contributed by atoms with Crippen LogP contribution in [-0.4, -0.2) is 40.7 Å². The minimum Gasteiger partial charge on any atom is -0.443 e. The van der Waals surface area contributed by atoms with E-state index < -0.39 is 5.60 Å². The molecule has 5 heteroatoms. The number of piperidine rings is 1. The number of hydrogen-bond acceptors (Lipinski definition) is 4. The third-order valence-corrected chi connectivity index (χ3v) is 6.10. The quantitative estimate of drug-likeness (QED) is 0.578. The van der Waals surface area contributed by atoms with Crippen molar-refractivity contribution in [3.8, 4) is 0 Å². The second-order valence-electron chi connectivity index (χ2n) is 9.61. The standard InChI is InChI=1S/C24H39N3O2/c1-5-6-17-26-18-10-9-15-21(26)20-14-11-16-25-22(20)27(19-12-7-8-13-19)23(28)29-24(2,3)4/h11,14,16,19,21H,5-10,12-13,15,17-18H2,1-4H3. The molecule has 0 radical (unpaired) electrons. The van der Waals surface area contributed by atoms with Gasteiger partial charge >= 0.3 is 6.09 Å². The number of unbranched alkanes of at least 4 members (excludes halogenated alkanes) is 1. The van der Waals surface area contributed by atoms with Crippen molar-refractivity contribution in [3.63, 3.8) is 0 Å². The van der Waals surface area contributed by atoms with Gasteiger partial charge in [-0.25, -0.2) is 9.78 Å². The van der Waals surface area contributed by atoms with E-state index >= 15 is 0 Å². The zero-order valence-corrected chi connectivity index (χ0v) is 18.8. The Balaban J connectivity index is 1.95. The van der Waals surface area contributed by atoms with Crippen LogP contribution >= 0.6 is 0 Å². The summed E-state index contributed by atoms with van der Waals surface area (Å²) in [6, 6.07) is 4.73. The Morgan fingerprint density at radius 3 is 2.62 bits per heavy atom. The van der Waals surface area contributed by atoms with E-state index in [1.807, 2.05) is 37.9 Å². The van der Waals surface area contributed by atoms with Crippen LogP contribution in [0.5, 0.6) is 0 Å². The van der Waals surface area contributed by atoms with Gasteiger partial charge in [0.25, 0.3) is 0 Å². The number of rotatable bonds is 6. The normalized spacial score (nSPS) is 21.3. The molecule has 1 aliphatic carbocycles. The van der Waals surface area contributed by atoms with Gasteiger partial charge in [-0.3, -0.25) is 9.80 Å². The Morgan fingerprint density at radius 2 is 1.93 bits per heavy atom. The lowest BCUT2D eigenvalue weighted by atomic mass is 9.94. The van der Waals surface area contributed by atoms with Crippen molar-refractivity contribution >= 4 is 11.9 Å². The van der Waals surface area contributed by atoms with E-state index in [2.05, 4.69) is 17.9 Å². The molecule has 1 saturated carbocycles. The Labute approximate surface area is 176 Å². The number of aromatic nitrogens is 1. The number of anilines is 1. The molecule has 1 amide bonds. The molecule has 3 rings (SSSR count). The number of nitrogens with zero attached hydrogens (tertiary/aromatic N) is 3. The Bertz CT molecular complexity index is 664. The highest BCUT2D eigenvalue weighted by atomic mass is 16.6. The lowest BCUT2D eigenvalue weighted by Gasteiger charge is -2.39. The summed E-state index contributed by atoms with van der Waals surface area (Å²) < 4.78 is 5.83. The highest BCUT2D eigenvalue weighted by molar-refractivity contribution is 5.88. The van der Waals surface area contributed by atoms with E-state index in [0.29, 0.717) is 6.04 Å². The molecule has 1 aromatic rings. The first-order valence-electron chi connectivity index (χ1n) is 11.6. The van der Waals surface area contributed by atoms with Crippen LogP contribution in [0.2, 0.25) is 0 Å². The van der Waals surface area contributed by atoms with Crippen LogP contribution in [0.25, 0.3) is 0 Å². The van der Waals surface area contributed by atoms with Gasteiger partial charge in [-0.15, -0.1) is 0 Å². The summed E-state index contributed by atoms with van der Waals surface area (Å²) in [6.07, 6.45) is 12.0. The maximum atomic E-state index is 13.3. The molecule has 29 heavy (non-hydrogen) atoms.